The third kappa shape index (κ3) is 3.31. The summed E-state index contributed by atoms with van der Waals surface area (Å²) in [6.45, 7) is 3.72. The Morgan fingerprint density at radius 1 is 1.38 bits per heavy atom. The van der Waals surface area contributed by atoms with Gasteiger partial charge in [-0.1, -0.05) is 6.07 Å². The maximum Gasteiger partial charge on any atom is 0.219 e. The Hall–Kier alpha value is -3.71. The van der Waals surface area contributed by atoms with Crippen LogP contribution >= 0.6 is 0 Å². The van der Waals surface area contributed by atoms with Gasteiger partial charge in [0.2, 0.25) is 5.91 Å². The zero-order valence-electron chi connectivity index (χ0n) is 17.8. The number of carbonyl (C=O) groups excluding carboxylic acids is 1. The zero-order valence-corrected chi connectivity index (χ0v) is 17.8. The number of ether oxygens (including phenoxy) is 1. The summed E-state index contributed by atoms with van der Waals surface area (Å²) in [7, 11) is 1.76. The van der Waals surface area contributed by atoms with Crippen LogP contribution < -0.4 is 5.32 Å². The number of fused-ring (bicyclic) bond motifs is 1. The molecule has 9 nitrogen and oxygen atoms in total. The minimum absolute atomic E-state index is 0.0138. The number of nitriles is 1. The van der Waals surface area contributed by atoms with Crippen molar-refractivity contribution in [1.82, 2.24) is 24.5 Å². The van der Waals surface area contributed by atoms with Gasteiger partial charge in [-0.3, -0.25) is 14.2 Å². The van der Waals surface area contributed by atoms with Crippen molar-refractivity contribution < 1.29 is 13.9 Å². The number of rotatable bonds is 4. The van der Waals surface area contributed by atoms with Crippen LogP contribution in [0, 0.1) is 17.1 Å². The molecular weight excluding hydrogens is 413 g/mol. The maximum absolute atomic E-state index is 15.4. The van der Waals surface area contributed by atoms with E-state index >= 15 is 4.39 Å². The SMILES string of the molecule is CC(=O)N1CCc2c(c(Nc3ccc(-c4cnn(C)c4)c(C#N)c3F)nn2C2COC2)C1. The van der Waals surface area contributed by atoms with E-state index in [4.69, 9.17) is 9.84 Å². The van der Waals surface area contributed by atoms with Crippen molar-refractivity contribution in [2.24, 2.45) is 7.05 Å². The lowest BCUT2D eigenvalue weighted by atomic mass is 10.0. The average molecular weight is 435 g/mol. The fourth-order valence-corrected chi connectivity index (χ4v) is 4.19. The van der Waals surface area contributed by atoms with Crippen LogP contribution in [0.2, 0.25) is 0 Å². The Balaban J connectivity index is 1.53. The molecule has 164 valence electrons. The van der Waals surface area contributed by atoms with Gasteiger partial charge in [-0.2, -0.15) is 15.5 Å². The number of anilines is 2. The van der Waals surface area contributed by atoms with E-state index < -0.39 is 5.82 Å². The summed E-state index contributed by atoms with van der Waals surface area (Å²) in [6, 6.07) is 5.41. The molecule has 0 bridgehead atoms. The second-order valence-corrected chi connectivity index (χ2v) is 8.09. The second kappa shape index (κ2) is 7.76. The van der Waals surface area contributed by atoms with E-state index in [2.05, 4.69) is 10.4 Å². The van der Waals surface area contributed by atoms with Crippen LogP contribution in [0.5, 0.6) is 0 Å². The first kappa shape index (κ1) is 20.2. The third-order valence-electron chi connectivity index (χ3n) is 6.02. The van der Waals surface area contributed by atoms with Crippen LogP contribution in [-0.4, -0.2) is 50.1 Å². The van der Waals surface area contributed by atoms with Gasteiger partial charge >= 0.3 is 0 Å². The molecule has 1 aromatic carbocycles. The van der Waals surface area contributed by atoms with Gasteiger partial charge < -0.3 is 15.0 Å². The van der Waals surface area contributed by atoms with Gasteiger partial charge in [-0.15, -0.1) is 0 Å². The minimum Gasteiger partial charge on any atom is -0.377 e. The quantitative estimate of drug-likeness (QED) is 0.676. The summed E-state index contributed by atoms with van der Waals surface area (Å²) in [5.41, 5.74) is 3.14. The van der Waals surface area contributed by atoms with Crippen LogP contribution in [0.3, 0.4) is 0 Å². The minimum atomic E-state index is -0.650. The highest BCUT2D eigenvalue weighted by Crippen LogP contribution is 2.35. The normalized spacial score (nSPS) is 15.8. The summed E-state index contributed by atoms with van der Waals surface area (Å²) in [6.07, 6.45) is 4.00. The van der Waals surface area contributed by atoms with Crippen LogP contribution in [-0.2, 0) is 29.5 Å². The molecule has 0 unspecified atom stereocenters. The Bertz CT molecular complexity index is 1250. The third-order valence-corrected chi connectivity index (χ3v) is 6.02. The predicted molar refractivity (Wildman–Crippen MR) is 113 cm³/mol. The zero-order chi connectivity index (χ0) is 22.4. The van der Waals surface area contributed by atoms with Crippen molar-refractivity contribution >= 4 is 17.4 Å². The Kier molecular flexibility index (Phi) is 4.90. The molecule has 4 heterocycles. The Morgan fingerprint density at radius 3 is 2.81 bits per heavy atom. The number of nitrogens with zero attached hydrogens (tertiary/aromatic N) is 6. The van der Waals surface area contributed by atoms with Crippen molar-refractivity contribution in [2.75, 3.05) is 25.1 Å². The lowest BCUT2D eigenvalue weighted by molar-refractivity contribution is -0.129. The number of hydrogen-bond donors (Lipinski definition) is 1. The fourth-order valence-electron chi connectivity index (χ4n) is 4.19. The van der Waals surface area contributed by atoms with E-state index in [9.17, 15) is 10.1 Å². The molecule has 0 radical (unpaired) electrons. The fraction of sp³-hybridized carbons (Fsp3) is 0.364. The highest BCUT2D eigenvalue weighted by molar-refractivity contribution is 5.76. The molecule has 0 atom stereocenters. The number of hydrogen-bond acceptors (Lipinski definition) is 6. The van der Waals surface area contributed by atoms with Gasteiger partial charge in [0.1, 0.15) is 6.07 Å². The molecule has 5 rings (SSSR count). The van der Waals surface area contributed by atoms with Gasteiger partial charge in [-0.05, 0) is 6.07 Å². The summed E-state index contributed by atoms with van der Waals surface area (Å²) in [5.74, 6) is -0.168. The van der Waals surface area contributed by atoms with E-state index in [1.54, 1.807) is 41.2 Å². The molecular formula is C22H22FN7O2. The largest absolute Gasteiger partial charge is 0.377 e. The molecule has 1 amide bonds. The van der Waals surface area contributed by atoms with Crippen molar-refractivity contribution in [3.05, 3.63) is 47.2 Å². The van der Waals surface area contributed by atoms with Gasteiger partial charge in [0.05, 0.1) is 43.2 Å². The molecule has 2 aliphatic heterocycles. The number of carbonyl (C=O) groups is 1. The second-order valence-electron chi connectivity index (χ2n) is 8.09. The molecule has 1 fully saturated rings. The predicted octanol–water partition coefficient (Wildman–Crippen LogP) is 2.51. The topological polar surface area (TPSA) is 101 Å². The number of aryl methyl sites for hydroxylation is 1. The van der Waals surface area contributed by atoms with E-state index in [1.165, 1.54) is 6.92 Å². The van der Waals surface area contributed by atoms with Crippen molar-refractivity contribution in [1.29, 1.82) is 5.26 Å². The number of halogens is 1. The average Bonchev–Trinajstić information content (AvgIpc) is 3.32. The molecule has 0 aliphatic carbocycles. The monoisotopic (exact) mass is 435 g/mol. The Labute approximate surface area is 184 Å². The first-order valence-electron chi connectivity index (χ1n) is 10.4. The van der Waals surface area contributed by atoms with E-state index in [1.807, 2.05) is 10.8 Å². The van der Waals surface area contributed by atoms with Gasteiger partial charge in [-0.25, -0.2) is 4.39 Å². The summed E-state index contributed by atoms with van der Waals surface area (Å²) in [5, 5.41) is 21.5. The lowest BCUT2D eigenvalue weighted by Crippen LogP contribution is -2.37. The number of amides is 1. The Morgan fingerprint density at radius 2 is 2.19 bits per heavy atom. The van der Waals surface area contributed by atoms with Crippen LogP contribution in [0.4, 0.5) is 15.9 Å². The van der Waals surface area contributed by atoms with Gasteiger partial charge in [0, 0.05) is 55.5 Å². The lowest BCUT2D eigenvalue weighted by Gasteiger charge is -2.31. The molecule has 1 saturated heterocycles. The van der Waals surface area contributed by atoms with Crippen LogP contribution in [0.15, 0.2) is 24.5 Å². The summed E-state index contributed by atoms with van der Waals surface area (Å²) in [4.78, 5) is 13.7. The number of aromatic nitrogens is 4. The van der Waals surface area contributed by atoms with Gasteiger partial charge in [0.25, 0.3) is 0 Å². The molecule has 3 aromatic rings. The van der Waals surface area contributed by atoms with E-state index in [0.717, 1.165) is 11.3 Å². The number of benzene rings is 1. The summed E-state index contributed by atoms with van der Waals surface area (Å²) >= 11 is 0. The van der Waals surface area contributed by atoms with Crippen molar-refractivity contribution in [3.63, 3.8) is 0 Å². The maximum atomic E-state index is 15.4. The standard InChI is InChI=1S/C22H22FN7O2/c1-13(31)29-6-5-20-18(10-29)22(27-30(20)15-11-32-12-15)26-19-4-3-16(17(7-24)21(19)23)14-8-25-28(2)9-14/h3-4,8-9,15H,5-6,10-12H2,1-2H3,(H,26,27). The number of nitrogens with one attached hydrogen (secondary N) is 1. The van der Waals surface area contributed by atoms with Gasteiger partial charge in [0.15, 0.2) is 11.6 Å². The molecule has 10 heteroatoms. The van der Waals surface area contributed by atoms with Crippen LogP contribution in [0.25, 0.3) is 11.1 Å². The molecule has 2 aromatic heterocycles. The van der Waals surface area contributed by atoms with Crippen LogP contribution in [0.1, 0.15) is 29.8 Å². The molecule has 0 saturated carbocycles. The smallest absolute Gasteiger partial charge is 0.219 e. The highest BCUT2D eigenvalue weighted by atomic mass is 19.1. The first-order valence-corrected chi connectivity index (χ1v) is 10.4. The highest BCUT2D eigenvalue weighted by Gasteiger charge is 2.32. The first-order chi connectivity index (χ1) is 15.5. The van der Waals surface area contributed by atoms with E-state index in [-0.39, 0.29) is 23.2 Å². The molecule has 2 aliphatic rings. The molecule has 32 heavy (non-hydrogen) atoms. The van der Waals surface area contributed by atoms with Crippen molar-refractivity contribution in [3.8, 4) is 17.2 Å². The van der Waals surface area contributed by atoms with E-state index in [0.29, 0.717) is 49.7 Å². The molecule has 1 N–H and O–H groups in total. The summed E-state index contributed by atoms with van der Waals surface area (Å²) < 4.78 is 24.2. The van der Waals surface area contributed by atoms with Crippen molar-refractivity contribution in [2.45, 2.75) is 25.9 Å². The molecule has 0 spiro atoms.